The van der Waals surface area contributed by atoms with Gasteiger partial charge in [0.1, 0.15) is 11.5 Å². The zero-order valence-electron chi connectivity index (χ0n) is 16.3. The molecule has 0 aromatic heterocycles. The van der Waals surface area contributed by atoms with Crippen molar-refractivity contribution in [3.63, 3.8) is 0 Å². The molecule has 1 atom stereocenters. The smallest absolute Gasteiger partial charge is 0.267 e. The Labute approximate surface area is 185 Å². The lowest BCUT2D eigenvalue weighted by atomic mass is 10.3. The van der Waals surface area contributed by atoms with Gasteiger partial charge in [0, 0.05) is 41.7 Å². The van der Waals surface area contributed by atoms with E-state index in [-0.39, 0.29) is 18.4 Å². The predicted octanol–water partition coefficient (Wildman–Crippen LogP) is 4.07. The predicted molar refractivity (Wildman–Crippen MR) is 116 cm³/mol. The topological polar surface area (TPSA) is 67.9 Å². The van der Waals surface area contributed by atoms with E-state index in [1.165, 1.54) is 0 Å². The number of nitrogens with one attached hydrogen (secondary N) is 1. The van der Waals surface area contributed by atoms with Crippen molar-refractivity contribution in [2.45, 2.75) is 18.9 Å². The van der Waals surface area contributed by atoms with Crippen molar-refractivity contribution in [3.8, 4) is 11.5 Å². The first kappa shape index (κ1) is 22.0. The Hall–Kier alpha value is -2.70. The van der Waals surface area contributed by atoms with Crippen molar-refractivity contribution < 1.29 is 19.1 Å². The summed E-state index contributed by atoms with van der Waals surface area (Å²) in [6.45, 7) is 4.76. The van der Waals surface area contributed by atoms with Gasteiger partial charge in [0.05, 0.1) is 0 Å². The molecule has 30 heavy (non-hydrogen) atoms. The minimum Gasteiger partial charge on any atom is -0.484 e. The van der Waals surface area contributed by atoms with Crippen LogP contribution >= 0.6 is 23.2 Å². The van der Waals surface area contributed by atoms with Gasteiger partial charge in [-0.25, -0.2) is 0 Å². The summed E-state index contributed by atoms with van der Waals surface area (Å²) in [6, 6.07) is 13.7. The van der Waals surface area contributed by atoms with E-state index in [1.54, 1.807) is 53.4 Å². The summed E-state index contributed by atoms with van der Waals surface area (Å²) in [5, 5.41) is 3.96. The van der Waals surface area contributed by atoms with E-state index in [1.807, 2.05) is 0 Å². The number of hydrogen-bond acceptors (Lipinski definition) is 4. The number of likely N-dealkylation sites (tertiary alicyclic amines) is 1. The third kappa shape index (κ3) is 6.15. The van der Waals surface area contributed by atoms with Crippen LogP contribution in [-0.4, -0.2) is 42.5 Å². The maximum absolute atomic E-state index is 12.6. The largest absolute Gasteiger partial charge is 0.484 e. The molecule has 0 bridgehead atoms. The van der Waals surface area contributed by atoms with Crippen LogP contribution in [0.5, 0.6) is 11.5 Å². The van der Waals surface area contributed by atoms with Crippen molar-refractivity contribution in [1.29, 1.82) is 0 Å². The molecule has 2 amide bonds. The van der Waals surface area contributed by atoms with Gasteiger partial charge in [-0.3, -0.25) is 9.59 Å². The second kappa shape index (κ2) is 10.4. The van der Waals surface area contributed by atoms with Crippen LogP contribution < -0.4 is 14.8 Å². The highest BCUT2D eigenvalue weighted by molar-refractivity contribution is 6.30. The molecule has 1 fully saturated rings. The number of rotatable bonds is 9. The molecular formula is C22H22Cl2N2O4. The molecule has 1 heterocycles. The SMILES string of the molecule is C=C(CCNC(=O)COc1ccc(Cl)cc1)N1CC[C@@H](Oc2ccc(Cl)cc2)C1=O. The number of nitrogens with zero attached hydrogens (tertiary/aromatic N) is 1. The van der Waals surface area contributed by atoms with Gasteiger partial charge in [-0.2, -0.15) is 0 Å². The van der Waals surface area contributed by atoms with Crippen molar-refractivity contribution in [2.24, 2.45) is 0 Å². The van der Waals surface area contributed by atoms with E-state index in [0.717, 1.165) is 0 Å². The Balaban J connectivity index is 1.38. The minimum absolute atomic E-state index is 0.103. The molecule has 1 aliphatic rings. The van der Waals surface area contributed by atoms with Crippen molar-refractivity contribution in [2.75, 3.05) is 19.7 Å². The Morgan fingerprint density at radius 2 is 1.67 bits per heavy atom. The highest BCUT2D eigenvalue weighted by Gasteiger charge is 2.34. The lowest BCUT2D eigenvalue weighted by Crippen LogP contribution is -2.34. The average molecular weight is 449 g/mol. The van der Waals surface area contributed by atoms with E-state index >= 15 is 0 Å². The first-order chi connectivity index (χ1) is 14.4. The molecule has 0 unspecified atom stereocenters. The van der Waals surface area contributed by atoms with Crippen molar-refractivity contribution in [1.82, 2.24) is 10.2 Å². The van der Waals surface area contributed by atoms with Crippen LogP contribution in [0.15, 0.2) is 60.8 Å². The molecule has 1 aliphatic heterocycles. The molecule has 0 radical (unpaired) electrons. The van der Waals surface area contributed by atoms with Crippen LogP contribution in [0.3, 0.4) is 0 Å². The Kier molecular flexibility index (Phi) is 7.60. The number of ether oxygens (including phenoxy) is 2. The highest BCUT2D eigenvalue weighted by Crippen LogP contribution is 2.24. The van der Waals surface area contributed by atoms with Crippen LogP contribution in [0.2, 0.25) is 10.0 Å². The standard InChI is InChI=1S/C22H22Cl2N2O4/c1-15(10-12-25-21(27)14-29-18-6-2-16(23)3-7-18)26-13-11-20(22(26)28)30-19-8-4-17(24)5-9-19/h2-9,20H,1,10-14H2,(H,25,27)/t20-/m1/s1. The summed E-state index contributed by atoms with van der Waals surface area (Å²) < 4.78 is 11.2. The van der Waals surface area contributed by atoms with Gasteiger partial charge in [-0.15, -0.1) is 0 Å². The number of carbonyl (C=O) groups is 2. The van der Waals surface area contributed by atoms with Crippen molar-refractivity contribution in [3.05, 3.63) is 70.9 Å². The third-order valence-electron chi connectivity index (χ3n) is 4.55. The number of halogens is 2. The van der Waals surface area contributed by atoms with Crippen LogP contribution in [-0.2, 0) is 9.59 Å². The zero-order valence-corrected chi connectivity index (χ0v) is 17.8. The molecule has 0 saturated carbocycles. The van der Waals surface area contributed by atoms with E-state index in [0.29, 0.717) is 53.2 Å². The fraction of sp³-hybridized carbons (Fsp3) is 0.273. The molecular weight excluding hydrogens is 427 g/mol. The molecule has 0 spiro atoms. The molecule has 8 heteroatoms. The molecule has 1 N–H and O–H groups in total. The maximum atomic E-state index is 12.6. The van der Waals surface area contributed by atoms with E-state index in [2.05, 4.69) is 11.9 Å². The summed E-state index contributed by atoms with van der Waals surface area (Å²) in [4.78, 5) is 26.1. The summed E-state index contributed by atoms with van der Waals surface area (Å²) in [7, 11) is 0. The molecule has 3 rings (SSSR count). The summed E-state index contributed by atoms with van der Waals surface area (Å²) in [5.74, 6) is 0.772. The van der Waals surface area contributed by atoms with Crippen LogP contribution in [0, 0.1) is 0 Å². The normalized spacial score (nSPS) is 15.7. The Bertz CT molecular complexity index is 900. The Morgan fingerprint density at radius 1 is 1.07 bits per heavy atom. The van der Waals surface area contributed by atoms with Gasteiger partial charge in [-0.1, -0.05) is 29.8 Å². The van der Waals surface area contributed by atoms with Gasteiger partial charge in [0.25, 0.3) is 11.8 Å². The fourth-order valence-electron chi connectivity index (χ4n) is 2.97. The van der Waals surface area contributed by atoms with E-state index in [4.69, 9.17) is 32.7 Å². The quantitative estimate of drug-likeness (QED) is 0.627. The van der Waals surface area contributed by atoms with Crippen molar-refractivity contribution >= 4 is 35.0 Å². The molecule has 6 nitrogen and oxygen atoms in total. The molecule has 2 aromatic rings. The zero-order chi connectivity index (χ0) is 21.5. The number of amides is 2. The molecule has 0 aliphatic carbocycles. The number of carbonyl (C=O) groups excluding carboxylic acids is 2. The number of hydrogen-bond donors (Lipinski definition) is 1. The average Bonchev–Trinajstić information content (AvgIpc) is 3.09. The second-order valence-corrected chi connectivity index (χ2v) is 7.62. The third-order valence-corrected chi connectivity index (χ3v) is 5.05. The minimum atomic E-state index is -0.551. The summed E-state index contributed by atoms with van der Waals surface area (Å²) in [5.41, 5.74) is 0.640. The van der Waals surface area contributed by atoms with Gasteiger partial charge in [-0.05, 0) is 48.5 Å². The van der Waals surface area contributed by atoms with E-state index < -0.39 is 6.10 Å². The first-order valence-electron chi connectivity index (χ1n) is 9.49. The second-order valence-electron chi connectivity index (χ2n) is 6.75. The monoisotopic (exact) mass is 448 g/mol. The highest BCUT2D eigenvalue weighted by atomic mass is 35.5. The summed E-state index contributed by atoms with van der Waals surface area (Å²) >= 11 is 11.7. The van der Waals surface area contributed by atoms with Crippen LogP contribution in [0.25, 0.3) is 0 Å². The van der Waals surface area contributed by atoms with Crippen LogP contribution in [0.1, 0.15) is 12.8 Å². The van der Waals surface area contributed by atoms with Crippen LogP contribution in [0.4, 0.5) is 0 Å². The molecule has 2 aromatic carbocycles. The van der Waals surface area contributed by atoms with Gasteiger partial charge in [0.15, 0.2) is 12.7 Å². The maximum Gasteiger partial charge on any atom is 0.267 e. The first-order valence-corrected chi connectivity index (χ1v) is 10.2. The summed E-state index contributed by atoms with van der Waals surface area (Å²) in [6.07, 6.45) is 0.471. The lowest BCUT2D eigenvalue weighted by molar-refractivity contribution is -0.131. The number of benzene rings is 2. The molecule has 1 saturated heterocycles. The van der Waals surface area contributed by atoms with E-state index in [9.17, 15) is 9.59 Å². The lowest BCUT2D eigenvalue weighted by Gasteiger charge is -2.20. The van der Waals surface area contributed by atoms with Gasteiger partial charge in [0.2, 0.25) is 0 Å². The van der Waals surface area contributed by atoms with Gasteiger partial charge < -0.3 is 19.7 Å². The fourth-order valence-corrected chi connectivity index (χ4v) is 3.22. The van der Waals surface area contributed by atoms with Gasteiger partial charge >= 0.3 is 0 Å². The Morgan fingerprint density at radius 3 is 2.30 bits per heavy atom. The molecule has 158 valence electrons.